The van der Waals surface area contributed by atoms with Gasteiger partial charge < -0.3 is 10.1 Å². The van der Waals surface area contributed by atoms with Crippen molar-refractivity contribution in [1.82, 2.24) is 0 Å². The summed E-state index contributed by atoms with van der Waals surface area (Å²) in [5.41, 5.74) is 0. The molecule has 3 nitrogen and oxygen atoms in total. The maximum atomic E-state index is 11.6. The first-order valence-electron chi connectivity index (χ1n) is 5.17. The minimum atomic E-state index is -0.0596. The second kappa shape index (κ2) is 5.03. The van der Waals surface area contributed by atoms with Gasteiger partial charge in [-0.25, -0.2) is 4.79 Å². The summed E-state index contributed by atoms with van der Waals surface area (Å²) < 4.78 is 5.18. The lowest BCUT2D eigenvalue weighted by molar-refractivity contribution is -0.684. The standard InChI is InChI=1S/C10H19NO2S/c1-6(2)9-11-8(5-14-9)10(12)13-7(3)4/h6-9,11H,5H2,1-4H3/p+1/t8-,9+/m1/s1. The highest BCUT2D eigenvalue weighted by atomic mass is 32.2. The Bertz CT molecular complexity index is 206. The van der Waals surface area contributed by atoms with Crippen LogP contribution in [0.1, 0.15) is 27.7 Å². The Morgan fingerprint density at radius 2 is 2.07 bits per heavy atom. The van der Waals surface area contributed by atoms with Crippen molar-refractivity contribution in [3.8, 4) is 0 Å². The van der Waals surface area contributed by atoms with Gasteiger partial charge in [-0.05, 0) is 13.8 Å². The lowest BCUT2D eigenvalue weighted by Crippen LogP contribution is -2.94. The molecule has 0 aromatic heterocycles. The molecule has 1 rings (SSSR count). The fourth-order valence-corrected chi connectivity index (χ4v) is 2.80. The zero-order valence-electron chi connectivity index (χ0n) is 9.32. The molecule has 0 aromatic carbocycles. The number of ether oxygens (including phenoxy) is 1. The molecule has 0 spiro atoms. The lowest BCUT2D eigenvalue weighted by atomic mass is 10.2. The predicted molar refractivity (Wildman–Crippen MR) is 58.0 cm³/mol. The molecule has 0 bridgehead atoms. The Morgan fingerprint density at radius 3 is 2.50 bits per heavy atom. The van der Waals surface area contributed by atoms with E-state index >= 15 is 0 Å². The Kier molecular flexibility index (Phi) is 4.26. The number of nitrogens with two attached hydrogens (primary N) is 1. The summed E-state index contributed by atoms with van der Waals surface area (Å²) in [6.07, 6.45) is -0.000926. The molecule has 0 amide bonds. The van der Waals surface area contributed by atoms with Gasteiger partial charge in [-0.15, -0.1) is 0 Å². The number of carbonyl (C=O) groups is 1. The van der Waals surface area contributed by atoms with Crippen molar-refractivity contribution < 1.29 is 14.8 Å². The molecule has 0 saturated carbocycles. The molecule has 0 unspecified atom stereocenters. The Hall–Kier alpha value is -0.220. The average molecular weight is 218 g/mol. The molecule has 1 heterocycles. The first-order chi connectivity index (χ1) is 6.50. The molecule has 82 valence electrons. The van der Waals surface area contributed by atoms with Crippen LogP contribution in [-0.4, -0.2) is 29.2 Å². The van der Waals surface area contributed by atoms with Crippen LogP contribution in [0.2, 0.25) is 0 Å². The van der Waals surface area contributed by atoms with Crippen LogP contribution in [0, 0.1) is 5.92 Å². The normalized spacial score (nSPS) is 27.3. The summed E-state index contributed by atoms with van der Waals surface area (Å²) in [5.74, 6) is 1.43. The van der Waals surface area contributed by atoms with Gasteiger partial charge in [0.25, 0.3) is 0 Å². The molecule has 1 aliphatic heterocycles. The number of hydrogen-bond donors (Lipinski definition) is 1. The topological polar surface area (TPSA) is 42.9 Å². The smallest absolute Gasteiger partial charge is 0.366 e. The summed E-state index contributed by atoms with van der Waals surface area (Å²) in [5, 5.41) is 2.65. The molecule has 0 aromatic rings. The lowest BCUT2D eigenvalue weighted by Gasteiger charge is -2.13. The molecule has 1 aliphatic rings. The highest BCUT2D eigenvalue weighted by molar-refractivity contribution is 7.99. The van der Waals surface area contributed by atoms with E-state index in [0.717, 1.165) is 5.75 Å². The average Bonchev–Trinajstić information content (AvgIpc) is 2.50. The number of quaternary nitrogens is 1. The zero-order chi connectivity index (χ0) is 10.7. The van der Waals surface area contributed by atoms with Crippen LogP contribution in [0.4, 0.5) is 0 Å². The van der Waals surface area contributed by atoms with Crippen LogP contribution in [0.15, 0.2) is 0 Å². The van der Waals surface area contributed by atoms with E-state index in [0.29, 0.717) is 11.3 Å². The Labute approximate surface area is 90.0 Å². The van der Waals surface area contributed by atoms with Crippen LogP contribution in [-0.2, 0) is 9.53 Å². The monoisotopic (exact) mass is 218 g/mol. The second-order valence-electron chi connectivity index (χ2n) is 4.33. The second-order valence-corrected chi connectivity index (χ2v) is 5.54. The zero-order valence-corrected chi connectivity index (χ0v) is 10.1. The molecule has 2 atom stereocenters. The molecular weight excluding hydrogens is 198 g/mol. The number of rotatable bonds is 3. The fourth-order valence-electron chi connectivity index (χ4n) is 1.44. The van der Waals surface area contributed by atoms with Gasteiger partial charge in [-0.3, -0.25) is 0 Å². The van der Waals surface area contributed by atoms with Crippen molar-refractivity contribution in [3.63, 3.8) is 0 Å². The molecule has 1 saturated heterocycles. The minimum Gasteiger partial charge on any atom is -0.459 e. The van der Waals surface area contributed by atoms with Crippen molar-refractivity contribution in [2.45, 2.75) is 45.2 Å². The van der Waals surface area contributed by atoms with Crippen molar-refractivity contribution in [3.05, 3.63) is 0 Å². The van der Waals surface area contributed by atoms with E-state index in [1.165, 1.54) is 0 Å². The van der Waals surface area contributed by atoms with Gasteiger partial charge in [0.05, 0.1) is 11.9 Å². The molecule has 14 heavy (non-hydrogen) atoms. The van der Waals surface area contributed by atoms with Crippen molar-refractivity contribution in [1.29, 1.82) is 0 Å². The van der Waals surface area contributed by atoms with E-state index < -0.39 is 0 Å². The van der Waals surface area contributed by atoms with Gasteiger partial charge in [-0.1, -0.05) is 25.6 Å². The quantitative estimate of drug-likeness (QED) is 0.705. The summed E-state index contributed by atoms with van der Waals surface area (Å²) in [6.45, 7) is 8.15. The van der Waals surface area contributed by atoms with Gasteiger partial charge in [0.15, 0.2) is 6.04 Å². The third-order valence-electron chi connectivity index (χ3n) is 2.20. The highest BCUT2D eigenvalue weighted by Crippen LogP contribution is 2.19. The number of thioether (sulfide) groups is 1. The van der Waals surface area contributed by atoms with E-state index in [9.17, 15) is 4.79 Å². The number of carbonyl (C=O) groups excluding carboxylic acids is 1. The minimum absolute atomic E-state index is 0.000926. The van der Waals surface area contributed by atoms with Crippen LogP contribution >= 0.6 is 11.8 Å². The predicted octanol–water partition coefficient (Wildman–Crippen LogP) is 0.599. The Balaban J connectivity index is 2.38. The SMILES string of the molecule is CC(C)OC(=O)[C@H]1CS[C@@H](C(C)C)[NH2+]1. The van der Waals surface area contributed by atoms with E-state index in [1.807, 2.05) is 25.6 Å². The fraction of sp³-hybridized carbons (Fsp3) is 0.900. The van der Waals surface area contributed by atoms with Gasteiger partial charge in [0, 0.05) is 5.92 Å². The molecule has 0 radical (unpaired) electrons. The van der Waals surface area contributed by atoms with Crippen LogP contribution in [0.5, 0.6) is 0 Å². The van der Waals surface area contributed by atoms with Crippen molar-refractivity contribution >= 4 is 17.7 Å². The molecule has 0 aliphatic carbocycles. The van der Waals surface area contributed by atoms with E-state index in [2.05, 4.69) is 19.2 Å². The first kappa shape index (κ1) is 11.9. The summed E-state index contributed by atoms with van der Waals surface area (Å²) in [6, 6.07) is 0.00907. The number of esters is 1. The van der Waals surface area contributed by atoms with Crippen LogP contribution in [0.25, 0.3) is 0 Å². The first-order valence-corrected chi connectivity index (χ1v) is 6.22. The van der Waals surface area contributed by atoms with Gasteiger partial charge in [0.2, 0.25) is 0 Å². The summed E-state index contributed by atoms with van der Waals surface area (Å²) in [7, 11) is 0. The van der Waals surface area contributed by atoms with Gasteiger partial charge in [0.1, 0.15) is 5.37 Å². The van der Waals surface area contributed by atoms with Crippen molar-refractivity contribution in [2.75, 3.05) is 5.75 Å². The summed E-state index contributed by atoms with van der Waals surface area (Å²) in [4.78, 5) is 11.6. The van der Waals surface area contributed by atoms with Crippen LogP contribution < -0.4 is 5.32 Å². The molecule has 1 fully saturated rings. The van der Waals surface area contributed by atoms with Crippen molar-refractivity contribution in [2.24, 2.45) is 5.92 Å². The van der Waals surface area contributed by atoms with E-state index in [-0.39, 0.29) is 18.1 Å². The third-order valence-corrected chi connectivity index (χ3v) is 3.84. The Morgan fingerprint density at radius 1 is 1.43 bits per heavy atom. The van der Waals surface area contributed by atoms with E-state index in [4.69, 9.17) is 4.74 Å². The van der Waals surface area contributed by atoms with Crippen LogP contribution in [0.3, 0.4) is 0 Å². The van der Waals surface area contributed by atoms with Gasteiger partial charge in [-0.2, -0.15) is 0 Å². The van der Waals surface area contributed by atoms with Gasteiger partial charge >= 0.3 is 5.97 Å². The third kappa shape index (κ3) is 3.17. The maximum Gasteiger partial charge on any atom is 0.366 e. The van der Waals surface area contributed by atoms with E-state index in [1.54, 1.807) is 0 Å². The highest BCUT2D eigenvalue weighted by Gasteiger charge is 2.36. The largest absolute Gasteiger partial charge is 0.459 e. The molecular formula is C10H20NO2S+. The molecule has 4 heteroatoms. The summed E-state index contributed by atoms with van der Waals surface area (Å²) >= 11 is 1.86. The maximum absolute atomic E-state index is 11.6. The number of hydrogen-bond acceptors (Lipinski definition) is 3. The molecule has 2 N–H and O–H groups in total.